The number of rotatable bonds is 2. The molecule has 14 heavy (non-hydrogen) atoms. The number of ether oxygens (including phenoxy) is 1. The first-order valence-corrected chi connectivity index (χ1v) is 2.96. The Kier molecular flexibility index (Phi) is 566. The van der Waals surface area contributed by atoms with Gasteiger partial charge in [0.1, 0.15) is 0 Å². The van der Waals surface area contributed by atoms with E-state index in [1.807, 2.05) is 14.0 Å². The highest BCUT2D eigenvalue weighted by Gasteiger charge is 1.51. The van der Waals surface area contributed by atoms with Gasteiger partial charge in [0.05, 0.1) is 0 Å². The molecule has 0 amide bonds. The summed E-state index contributed by atoms with van der Waals surface area (Å²) in [6, 6.07) is 0. The summed E-state index contributed by atoms with van der Waals surface area (Å²) in [6.07, 6.45) is 0. The number of nitrogens with one attached hydrogen (secondary N) is 1. The molecule has 0 fully saturated rings. The molecule has 100 valence electrons. The Hall–Kier alpha value is -0.0800. The lowest BCUT2D eigenvalue weighted by atomic mass is 10.8. The summed E-state index contributed by atoms with van der Waals surface area (Å²) in [5.41, 5.74) is 0. The van der Waals surface area contributed by atoms with Crippen LogP contribution in [0, 0.1) is 0 Å². The average molecular weight is 215 g/mol. The smallest absolute Gasteiger partial charge is 0.0433 e. The zero-order valence-corrected chi connectivity index (χ0v) is 6.32. The van der Waals surface area contributed by atoms with E-state index in [0.717, 1.165) is 13.2 Å². The van der Waals surface area contributed by atoms with Crippen molar-refractivity contribution < 1.29 is 4.74 Å². The van der Waals surface area contributed by atoms with Crippen LogP contribution in [0.25, 0.3) is 0 Å². The van der Waals surface area contributed by atoms with Gasteiger partial charge in [0.2, 0.25) is 0 Å². The maximum absolute atomic E-state index is 4.54. The van der Waals surface area contributed by atoms with Gasteiger partial charge in [-0.3, -0.25) is 0 Å². The molecule has 0 aromatic heterocycles. The fraction of sp³-hybridized carbons (Fsp3) is 1.00. The molecule has 0 saturated heterocycles. The van der Waals surface area contributed by atoms with Crippen LogP contribution >= 0.6 is 0 Å². The second kappa shape index (κ2) is 119. The molecule has 0 atom stereocenters. The average Bonchev–Trinajstić information content (AvgIpc) is 1.88. The molecule has 0 aliphatic carbocycles. The van der Waals surface area contributed by atoms with Crippen LogP contribution in [0.5, 0.6) is 0 Å². The zero-order chi connectivity index (χ0) is 6.83. The highest BCUT2D eigenvalue weighted by Crippen LogP contribution is 1.52. The molecule has 0 aliphatic rings. The normalized spacial score (nSPS) is 4.29. The van der Waals surface area contributed by atoms with Crippen molar-refractivity contribution in [2.75, 3.05) is 27.3 Å². The molecule has 0 heterocycles. The third-order valence-corrected chi connectivity index (χ3v) is 0.642. The largest absolute Gasteiger partial charge is 0.385 e. The maximum Gasteiger partial charge on any atom is 0.0433 e. The molecule has 0 rings (SSSR count). The monoisotopic (exact) mass is 215 g/mol. The van der Waals surface area contributed by atoms with Gasteiger partial charge in [0, 0.05) is 13.7 Å². The molecule has 0 saturated carbocycles. The van der Waals surface area contributed by atoms with Crippen molar-refractivity contribution in [3.05, 3.63) is 0 Å². The van der Waals surface area contributed by atoms with E-state index in [9.17, 15) is 0 Å². The highest BCUT2D eigenvalue weighted by molar-refractivity contribution is 4.15. The molecule has 2 nitrogen and oxygen atoms in total. The minimum Gasteiger partial charge on any atom is -0.385 e. The molecule has 0 radical (unpaired) electrons. The lowest BCUT2D eigenvalue weighted by molar-refractivity contribution is 0.215. The third kappa shape index (κ3) is 386. The zero-order valence-electron chi connectivity index (χ0n) is 6.32. The van der Waals surface area contributed by atoms with Crippen molar-refractivity contribution in [3.63, 3.8) is 0 Å². The summed E-state index contributed by atoms with van der Waals surface area (Å²) in [6.45, 7) is 5.92. The van der Waals surface area contributed by atoms with Crippen LogP contribution < -0.4 is 5.32 Å². The molecule has 0 bridgehead atoms. The first-order chi connectivity index (χ1) is 3.83. The molecule has 0 unspecified atom stereocenters. The fourth-order valence-corrected chi connectivity index (χ4v) is 0. The first-order valence-electron chi connectivity index (χ1n) is 2.96. The predicted molar refractivity (Wildman–Crippen MR) is 77.5 cm³/mol. The molecule has 0 spiro atoms. The Bertz CT molecular complexity index is 18.3. The van der Waals surface area contributed by atoms with Crippen molar-refractivity contribution in [1.29, 1.82) is 0 Å². The van der Waals surface area contributed by atoms with E-state index >= 15 is 0 Å². The molecular formula is C12H41NO. The minimum absolute atomic E-state index is 0. The maximum atomic E-state index is 4.54. The van der Waals surface area contributed by atoms with Crippen LogP contribution in [0.3, 0.4) is 0 Å². The Morgan fingerprint density at radius 1 is 0.857 bits per heavy atom. The second-order valence-corrected chi connectivity index (χ2v) is 1.28. The molecule has 0 aromatic rings. The molecular weight excluding hydrogens is 174 g/mol. The van der Waals surface area contributed by atoms with Gasteiger partial charge in [-0.05, 0) is 20.5 Å². The Labute approximate surface area is 96.5 Å². The third-order valence-electron chi connectivity index (χ3n) is 0.642. The van der Waals surface area contributed by atoms with Gasteiger partial charge in [0.15, 0.2) is 0 Å². The minimum atomic E-state index is 0. The SMILES string of the molecule is C.C.C.C.C.C.CCNC.CCOC. The first kappa shape index (κ1) is 66.3. The van der Waals surface area contributed by atoms with E-state index in [-0.39, 0.29) is 44.6 Å². The van der Waals surface area contributed by atoms with Crippen LogP contribution in [0.1, 0.15) is 58.4 Å². The van der Waals surface area contributed by atoms with Gasteiger partial charge >= 0.3 is 0 Å². The van der Waals surface area contributed by atoms with E-state index in [2.05, 4.69) is 17.0 Å². The van der Waals surface area contributed by atoms with E-state index in [1.165, 1.54) is 0 Å². The highest BCUT2D eigenvalue weighted by atomic mass is 16.5. The lowest BCUT2D eigenvalue weighted by Gasteiger charge is -1.76. The summed E-state index contributed by atoms with van der Waals surface area (Å²) in [5, 5.41) is 2.93. The van der Waals surface area contributed by atoms with E-state index < -0.39 is 0 Å². The quantitative estimate of drug-likeness (QED) is 0.721. The predicted octanol–water partition coefficient (Wildman–Crippen LogP) is 4.70. The molecule has 0 aromatic carbocycles. The summed E-state index contributed by atoms with van der Waals surface area (Å²) < 4.78 is 4.54. The lowest BCUT2D eigenvalue weighted by Crippen LogP contribution is -2.01. The second-order valence-electron chi connectivity index (χ2n) is 1.28. The van der Waals surface area contributed by atoms with Crippen molar-refractivity contribution in [2.24, 2.45) is 0 Å². The molecule has 2 heteroatoms. The Morgan fingerprint density at radius 2 is 1.00 bits per heavy atom. The van der Waals surface area contributed by atoms with Gasteiger partial charge in [-0.2, -0.15) is 0 Å². The van der Waals surface area contributed by atoms with Gasteiger partial charge in [-0.1, -0.05) is 51.5 Å². The van der Waals surface area contributed by atoms with Crippen molar-refractivity contribution in [1.82, 2.24) is 5.32 Å². The fourth-order valence-electron chi connectivity index (χ4n) is 0. The van der Waals surface area contributed by atoms with Gasteiger partial charge in [0.25, 0.3) is 0 Å². The number of hydrogen-bond acceptors (Lipinski definition) is 2. The van der Waals surface area contributed by atoms with E-state index in [4.69, 9.17) is 0 Å². The van der Waals surface area contributed by atoms with Gasteiger partial charge in [-0.15, -0.1) is 0 Å². The van der Waals surface area contributed by atoms with Gasteiger partial charge in [-0.25, -0.2) is 0 Å². The summed E-state index contributed by atoms with van der Waals surface area (Å²) >= 11 is 0. The van der Waals surface area contributed by atoms with E-state index in [1.54, 1.807) is 7.11 Å². The number of hydrogen-bond donors (Lipinski definition) is 1. The van der Waals surface area contributed by atoms with Crippen molar-refractivity contribution >= 4 is 0 Å². The number of methoxy groups -OCH3 is 1. The van der Waals surface area contributed by atoms with Gasteiger partial charge < -0.3 is 10.1 Å². The van der Waals surface area contributed by atoms with Crippen LogP contribution in [-0.2, 0) is 4.74 Å². The van der Waals surface area contributed by atoms with Crippen LogP contribution in [-0.4, -0.2) is 27.3 Å². The van der Waals surface area contributed by atoms with E-state index in [0.29, 0.717) is 0 Å². The van der Waals surface area contributed by atoms with Crippen LogP contribution in [0.15, 0.2) is 0 Å². The summed E-state index contributed by atoms with van der Waals surface area (Å²) in [4.78, 5) is 0. The summed E-state index contributed by atoms with van der Waals surface area (Å²) in [7, 11) is 3.61. The standard InChI is InChI=1S/C3H9N.C3H8O.6CH4/c2*1-3-4-2;;;;;;/h4H,3H2,1-2H3;3H2,1-2H3;6*1H4. The van der Waals surface area contributed by atoms with Crippen molar-refractivity contribution in [2.45, 2.75) is 58.4 Å². The molecule has 1 N–H and O–H groups in total. The topological polar surface area (TPSA) is 21.3 Å². The Balaban J connectivity index is -0.00000000600. The van der Waals surface area contributed by atoms with Crippen LogP contribution in [0.4, 0.5) is 0 Å². The molecule has 0 aliphatic heterocycles. The Morgan fingerprint density at radius 3 is 1.00 bits per heavy atom. The summed E-state index contributed by atoms with van der Waals surface area (Å²) in [5.74, 6) is 0. The van der Waals surface area contributed by atoms with Crippen molar-refractivity contribution in [3.8, 4) is 0 Å². The van der Waals surface area contributed by atoms with Crippen LogP contribution in [0.2, 0.25) is 0 Å².